The number of nitrogens with one attached hydrogen (secondary N) is 1. The minimum absolute atomic E-state index is 0.154. The lowest BCUT2D eigenvalue weighted by Gasteiger charge is -2.36. The highest BCUT2D eigenvalue weighted by molar-refractivity contribution is 5.64. The third kappa shape index (κ3) is 2.33. The first-order valence-corrected chi connectivity index (χ1v) is 6.97. The smallest absolute Gasteiger partial charge is 0.148 e. The molecule has 4 nitrogen and oxygen atoms in total. The lowest BCUT2D eigenvalue weighted by molar-refractivity contribution is 0.311. The zero-order chi connectivity index (χ0) is 14.3. The molecule has 1 N–H and O–H groups in total. The van der Waals surface area contributed by atoms with Crippen LogP contribution >= 0.6 is 0 Å². The topological polar surface area (TPSA) is 21.8 Å². The van der Waals surface area contributed by atoms with Gasteiger partial charge in [-0.3, -0.25) is 0 Å². The van der Waals surface area contributed by atoms with Gasteiger partial charge < -0.3 is 20.0 Å². The molecule has 0 radical (unpaired) electrons. The van der Waals surface area contributed by atoms with Gasteiger partial charge in [-0.05, 0) is 24.7 Å². The van der Waals surface area contributed by atoms with Gasteiger partial charge in [-0.25, -0.2) is 4.39 Å². The van der Waals surface area contributed by atoms with Crippen LogP contribution in [-0.2, 0) is 6.54 Å². The molecule has 2 aliphatic heterocycles. The monoisotopic (exact) mass is 276 g/mol. The standard InChI is InChI=1S/C15H21FN4/c1-11-17-14-9-13(16)15(8-12(14)10-19(11)3)20-6-4-18(2)5-7-20/h8-9,17H,1,4-7,10H2,2-3H3. The van der Waals surface area contributed by atoms with E-state index in [0.717, 1.165) is 55.5 Å². The Morgan fingerprint density at radius 1 is 1.15 bits per heavy atom. The summed E-state index contributed by atoms with van der Waals surface area (Å²) in [5, 5.41) is 3.15. The summed E-state index contributed by atoms with van der Waals surface area (Å²) in [6.07, 6.45) is 0. The van der Waals surface area contributed by atoms with E-state index < -0.39 is 0 Å². The first-order valence-electron chi connectivity index (χ1n) is 6.97. The summed E-state index contributed by atoms with van der Waals surface area (Å²) >= 11 is 0. The van der Waals surface area contributed by atoms with E-state index in [0.29, 0.717) is 0 Å². The summed E-state index contributed by atoms with van der Waals surface area (Å²) in [4.78, 5) is 6.44. The molecule has 0 spiro atoms. The number of nitrogens with zero attached hydrogens (tertiary/aromatic N) is 3. The SMILES string of the molecule is C=C1Nc2cc(F)c(N3CCN(C)CC3)cc2CN1C. The second-order valence-electron chi connectivity index (χ2n) is 5.68. The van der Waals surface area contributed by atoms with Gasteiger partial charge in [0.05, 0.1) is 11.5 Å². The molecule has 1 fully saturated rings. The van der Waals surface area contributed by atoms with Gasteiger partial charge in [0.1, 0.15) is 5.82 Å². The number of benzene rings is 1. The van der Waals surface area contributed by atoms with Gasteiger partial charge in [-0.2, -0.15) is 0 Å². The molecule has 2 heterocycles. The number of fused-ring (bicyclic) bond motifs is 1. The van der Waals surface area contributed by atoms with Gasteiger partial charge in [0.25, 0.3) is 0 Å². The molecule has 0 aromatic heterocycles. The maximum absolute atomic E-state index is 14.3. The van der Waals surface area contributed by atoms with Crippen molar-refractivity contribution in [3.05, 3.63) is 35.9 Å². The number of hydrogen-bond donors (Lipinski definition) is 1. The summed E-state index contributed by atoms with van der Waals surface area (Å²) < 4.78 is 14.3. The average Bonchev–Trinajstić information content (AvgIpc) is 2.41. The molecule has 0 amide bonds. The zero-order valence-electron chi connectivity index (χ0n) is 12.1. The molecule has 1 aromatic rings. The van der Waals surface area contributed by atoms with Crippen LogP contribution in [0.25, 0.3) is 0 Å². The predicted octanol–water partition coefficient (Wildman–Crippen LogP) is 1.91. The van der Waals surface area contributed by atoms with E-state index >= 15 is 0 Å². The molecular formula is C15H21FN4. The van der Waals surface area contributed by atoms with E-state index in [1.54, 1.807) is 6.07 Å². The van der Waals surface area contributed by atoms with Crippen molar-refractivity contribution in [2.75, 3.05) is 50.5 Å². The Kier molecular flexibility index (Phi) is 3.30. The van der Waals surface area contributed by atoms with E-state index in [-0.39, 0.29) is 5.82 Å². The van der Waals surface area contributed by atoms with Crippen molar-refractivity contribution in [1.29, 1.82) is 0 Å². The van der Waals surface area contributed by atoms with Gasteiger partial charge in [0.15, 0.2) is 0 Å². The summed E-state index contributed by atoms with van der Waals surface area (Å²) in [5.74, 6) is 0.655. The van der Waals surface area contributed by atoms with Crippen molar-refractivity contribution in [3.63, 3.8) is 0 Å². The van der Waals surface area contributed by atoms with Gasteiger partial charge >= 0.3 is 0 Å². The molecule has 5 heteroatoms. The second-order valence-corrected chi connectivity index (χ2v) is 5.68. The third-order valence-electron chi connectivity index (χ3n) is 4.16. The lowest BCUT2D eigenvalue weighted by atomic mass is 10.1. The highest BCUT2D eigenvalue weighted by Crippen LogP contribution is 2.32. The van der Waals surface area contributed by atoms with Crippen LogP contribution in [0, 0.1) is 5.82 Å². The summed E-state index contributed by atoms with van der Waals surface area (Å²) in [5.41, 5.74) is 2.68. The maximum atomic E-state index is 14.3. The van der Waals surface area contributed by atoms with Gasteiger partial charge in [-0.15, -0.1) is 0 Å². The quantitative estimate of drug-likeness (QED) is 0.845. The van der Waals surface area contributed by atoms with E-state index in [4.69, 9.17) is 0 Å². The molecule has 108 valence electrons. The number of rotatable bonds is 1. The zero-order valence-corrected chi connectivity index (χ0v) is 12.1. The number of likely N-dealkylation sites (N-methyl/N-ethyl adjacent to an activating group) is 1. The van der Waals surface area contributed by atoms with E-state index in [1.807, 2.05) is 18.0 Å². The molecule has 1 saturated heterocycles. The summed E-state index contributed by atoms with van der Waals surface area (Å²) in [6, 6.07) is 3.58. The largest absolute Gasteiger partial charge is 0.367 e. The van der Waals surface area contributed by atoms with Crippen molar-refractivity contribution < 1.29 is 4.39 Å². The normalized spacial score (nSPS) is 19.9. The second kappa shape index (κ2) is 4.98. The van der Waals surface area contributed by atoms with E-state index in [1.165, 1.54) is 0 Å². The molecule has 0 unspecified atom stereocenters. The van der Waals surface area contributed by atoms with Crippen LogP contribution in [0.3, 0.4) is 0 Å². The van der Waals surface area contributed by atoms with Crippen molar-refractivity contribution in [2.24, 2.45) is 0 Å². The number of anilines is 2. The summed E-state index contributed by atoms with van der Waals surface area (Å²) in [7, 11) is 4.09. The minimum Gasteiger partial charge on any atom is -0.367 e. The van der Waals surface area contributed by atoms with E-state index in [9.17, 15) is 4.39 Å². The third-order valence-corrected chi connectivity index (χ3v) is 4.16. The fourth-order valence-corrected chi connectivity index (χ4v) is 2.74. The molecular weight excluding hydrogens is 255 g/mol. The van der Waals surface area contributed by atoms with Crippen LogP contribution in [0.2, 0.25) is 0 Å². The summed E-state index contributed by atoms with van der Waals surface area (Å²) in [6.45, 7) is 8.40. The molecule has 0 bridgehead atoms. The Labute approximate surface area is 119 Å². The number of halogens is 1. The van der Waals surface area contributed by atoms with Crippen LogP contribution < -0.4 is 10.2 Å². The molecule has 0 saturated carbocycles. The van der Waals surface area contributed by atoms with Crippen LogP contribution in [-0.4, -0.2) is 50.1 Å². The minimum atomic E-state index is -0.154. The Morgan fingerprint density at radius 2 is 1.85 bits per heavy atom. The van der Waals surface area contributed by atoms with Crippen molar-refractivity contribution in [1.82, 2.24) is 9.80 Å². The van der Waals surface area contributed by atoms with Crippen LogP contribution in [0.15, 0.2) is 24.5 Å². The Bertz CT molecular complexity index is 535. The average molecular weight is 276 g/mol. The predicted molar refractivity (Wildman–Crippen MR) is 80.3 cm³/mol. The fraction of sp³-hybridized carbons (Fsp3) is 0.467. The molecule has 3 rings (SSSR count). The van der Waals surface area contributed by atoms with Crippen LogP contribution in [0.1, 0.15) is 5.56 Å². The van der Waals surface area contributed by atoms with Crippen molar-refractivity contribution in [2.45, 2.75) is 6.54 Å². The number of hydrogen-bond acceptors (Lipinski definition) is 4. The van der Waals surface area contributed by atoms with Gasteiger partial charge in [0, 0.05) is 45.5 Å². The van der Waals surface area contributed by atoms with Crippen molar-refractivity contribution in [3.8, 4) is 0 Å². The molecule has 0 aliphatic carbocycles. The maximum Gasteiger partial charge on any atom is 0.148 e. The Morgan fingerprint density at radius 3 is 2.55 bits per heavy atom. The molecule has 1 aromatic carbocycles. The Balaban J connectivity index is 1.89. The first kappa shape index (κ1) is 13.2. The lowest BCUT2D eigenvalue weighted by Crippen LogP contribution is -2.45. The Hall–Kier alpha value is -1.75. The molecule has 2 aliphatic rings. The van der Waals surface area contributed by atoms with Gasteiger partial charge in [0.2, 0.25) is 0 Å². The van der Waals surface area contributed by atoms with Crippen LogP contribution in [0.4, 0.5) is 15.8 Å². The first-order chi connectivity index (χ1) is 9.54. The fourth-order valence-electron chi connectivity index (χ4n) is 2.74. The molecule has 0 atom stereocenters. The van der Waals surface area contributed by atoms with E-state index in [2.05, 4.69) is 28.7 Å². The van der Waals surface area contributed by atoms with Crippen molar-refractivity contribution >= 4 is 11.4 Å². The number of piperazine rings is 1. The highest BCUT2D eigenvalue weighted by Gasteiger charge is 2.22. The van der Waals surface area contributed by atoms with Crippen LogP contribution in [0.5, 0.6) is 0 Å². The van der Waals surface area contributed by atoms with Gasteiger partial charge in [-0.1, -0.05) is 6.58 Å². The molecule has 20 heavy (non-hydrogen) atoms. The highest BCUT2D eigenvalue weighted by atomic mass is 19.1.